The Kier molecular flexibility index (Phi) is 4.51. The van der Waals surface area contributed by atoms with E-state index < -0.39 is 0 Å². The molecule has 1 heterocycles. The number of aromatic nitrogens is 1. The van der Waals surface area contributed by atoms with Crippen molar-refractivity contribution >= 4 is 5.78 Å². The zero-order valence-electron chi connectivity index (χ0n) is 11.4. The number of hydrogen-bond acceptors (Lipinski definition) is 2. The largest absolute Gasteiger partial charge is 0.299 e. The first-order valence-corrected chi connectivity index (χ1v) is 7.06. The Bertz CT molecular complexity index is 377. The molecule has 18 heavy (non-hydrogen) atoms. The van der Waals surface area contributed by atoms with Gasteiger partial charge in [0.1, 0.15) is 5.78 Å². The second kappa shape index (κ2) is 6.12. The maximum absolute atomic E-state index is 12.2. The maximum Gasteiger partial charge on any atom is 0.136 e. The lowest BCUT2D eigenvalue weighted by atomic mass is 9.74. The molecule has 1 aliphatic rings. The molecule has 2 atom stereocenters. The minimum absolute atomic E-state index is 0.306. The van der Waals surface area contributed by atoms with Gasteiger partial charge in [0, 0.05) is 24.7 Å². The summed E-state index contributed by atoms with van der Waals surface area (Å²) in [5.74, 6) is 2.18. The summed E-state index contributed by atoms with van der Waals surface area (Å²) in [6, 6.07) is 3.98. The zero-order valence-corrected chi connectivity index (χ0v) is 11.4. The normalized spacial score (nSPS) is 28.0. The summed E-state index contributed by atoms with van der Waals surface area (Å²) in [5, 5.41) is 0. The lowest BCUT2D eigenvalue weighted by Crippen LogP contribution is -2.26. The Morgan fingerprint density at radius 2 is 2.00 bits per heavy atom. The number of pyridine rings is 1. The number of hydrogen-bond donors (Lipinski definition) is 0. The molecule has 1 fully saturated rings. The van der Waals surface area contributed by atoms with E-state index in [1.54, 1.807) is 6.20 Å². The van der Waals surface area contributed by atoms with Crippen LogP contribution in [0.25, 0.3) is 0 Å². The fourth-order valence-corrected chi connectivity index (χ4v) is 3.23. The van der Waals surface area contributed by atoms with Gasteiger partial charge in [-0.15, -0.1) is 0 Å². The molecule has 0 spiro atoms. The third-order valence-electron chi connectivity index (χ3n) is 4.02. The van der Waals surface area contributed by atoms with E-state index in [-0.39, 0.29) is 0 Å². The first kappa shape index (κ1) is 13.3. The zero-order chi connectivity index (χ0) is 13.0. The maximum atomic E-state index is 12.2. The molecule has 98 valence electrons. The van der Waals surface area contributed by atoms with Gasteiger partial charge in [-0.3, -0.25) is 9.78 Å². The molecule has 1 aliphatic carbocycles. The van der Waals surface area contributed by atoms with Gasteiger partial charge in [-0.1, -0.05) is 19.9 Å². The summed E-state index contributed by atoms with van der Waals surface area (Å²) < 4.78 is 0. The van der Waals surface area contributed by atoms with Gasteiger partial charge < -0.3 is 0 Å². The molecule has 0 saturated heterocycles. The van der Waals surface area contributed by atoms with E-state index in [9.17, 15) is 4.79 Å². The summed E-state index contributed by atoms with van der Waals surface area (Å²) in [4.78, 5) is 16.3. The Morgan fingerprint density at radius 1 is 1.28 bits per heavy atom. The van der Waals surface area contributed by atoms with Crippen molar-refractivity contribution in [3.05, 3.63) is 30.1 Å². The molecule has 0 aromatic carbocycles. The van der Waals surface area contributed by atoms with Gasteiger partial charge >= 0.3 is 0 Å². The van der Waals surface area contributed by atoms with Gasteiger partial charge in [-0.2, -0.15) is 0 Å². The topological polar surface area (TPSA) is 30.0 Å². The van der Waals surface area contributed by atoms with Crippen LogP contribution < -0.4 is 0 Å². The van der Waals surface area contributed by atoms with Crippen molar-refractivity contribution < 1.29 is 4.79 Å². The second-order valence-corrected chi connectivity index (χ2v) is 5.94. The van der Waals surface area contributed by atoms with Crippen LogP contribution in [0.2, 0.25) is 0 Å². The van der Waals surface area contributed by atoms with E-state index in [1.165, 1.54) is 12.0 Å². The summed E-state index contributed by atoms with van der Waals surface area (Å²) in [6.45, 7) is 4.55. The van der Waals surface area contributed by atoms with Crippen LogP contribution >= 0.6 is 0 Å². The van der Waals surface area contributed by atoms with Gasteiger partial charge in [-0.25, -0.2) is 0 Å². The van der Waals surface area contributed by atoms with Crippen LogP contribution in [0, 0.1) is 17.8 Å². The van der Waals surface area contributed by atoms with Gasteiger partial charge in [0.05, 0.1) is 0 Å². The van der Waals surface area contributed by atoms with Crippen LogP contribution in [-0.4, -0.2) is 10.8 Å². The molecule has 2 unspecified atom stereocenters. The van der Waals surface area contributed by atoms with Crippen molar-refractivity contribution in [1.82, 2.24) is 4.98 Å². The van der Waals surface area contributed by atoms with Crippen molar-refractivity contribution in [2.24, 2.45) is 17.8 Å². The molecule has 2 heteroatoms. The second-order valence-electron chi connectivity index (χ2n) is 5.94. The number of aryl methyl sites for hydroxylation is 1. The van der Waals surface area contributed by atoms with Crippen molar-refractivity contribution in [2.45, 2.75) is 46.0 Å². The van der Waals surface area contributed by atoms with Crippen LogP contribution in [0.15, 0.2) is 24.5 Å². The molecule has 0 radical (unpaired) electrons. The van der Waals surface area contributed by atoms with Crippen molar-refractivity contribution in [3.63, 3.8) is 0 Å². The summed E-state index contributed by atoms with van der Waals surface area (Å²) in [7, 11) is 0. The standard InChI is InChI=1S/C16H23NO/c1-12-8-13(2)10-15(9-12)16(18)6-5-14-4-3-7-17-11-14/h3-4,7,11-13,15H,5-6,8-10H2,1-2H3. The average Bonchev–Trinajstić information content (AvgIpc) is 2.36. The van der Waals surface area contributed by atoms with Gasteiger partial charge in [0.15, 0.2) is 0 Å². The Hall–Kier alpha value is -1.18. The summed E-state index contributed by atoms with van der Waals surface area (Å²) in [5.41, 5.74) is 1.17. The van der Waals surface area contributed by atoms with Crippen molar-refractivity contribution in [3.8, 4) is 0 Å². The number of carbonyl (C=O) groups excluding carboxylic acids is 1. The quantitative estimate of drug-likeness (QED) is 0.810. The molecule has 1 saturated carbocycles. The van der Waals surface area contributed by atoms with E-state index in [0.717, 1.165) is 19.3 Å². The number of rotatable bonds is 4. The third-order valence-corrected chi connectivity index (χ3v) is 4.02. The van der Waals surface area contributed by atoms with Crippen molar-refractivity contribution in [2.75, 3.05) is 0 Å². The predicted molar refractivity (Wildman–Crippen MR) is 73.2 cm³/mol. The van der Waals surface area contributed by atoms with Crippen LogP contribution in [0.3, 0.4) is 0 Å². The lowest BCUT2D eigenvalue weighted by Gasteiger charge is -2.30. The Balaban J connectivity index is 1.84. The number of carbonyl (C=O) groups is 1. The molecular weight excluding hydrogens is 222 g/mol. The predicted octanol–water partition coefficient (Wildman–Crippen LogP) is 3.66. The molecule has 2 nitrogen and oxygen atoms in total. The highest BCUT2D eigenvalue weighted by molar-refractivity contribution is 5.81. The average molecular weight is 245 g/mol. The Labute approximate surface area is 110 Å². The summed E-state index contributed by atoms with van der Waals surface area (Å²) >= 11 is 0. The van der Waals surface area contributed by atoms with Crippen molar-refractivity contribution in [1.29, 1.82) is 0 Å². The minimum Gasteiger partial charge on any atom is -0.299 e. The molecule has 0 aliphatic heterocycles. The van der Waals surface area contributed by atoms with E-state index >= 15 is 0 Å². The molecule has 0 amide bonds. The summed E-state index contributed by atoms with van der Waals surface area (Å²) in [6.07, 6.45) is 8.62. The highest BCUT2D eigenvalue weighted by Crippen LogP contribution is 2.33. The fraction of sp³-hybridized carbons (Fsp3) is 0.625. The fourth-order valence-electron chi connectivity index (χ4n) is 3.23. The Morgan fingerprint density at radius 3 is 2.61 bits per heavy atom. The number of nitrogens with zero attached hydrogens (tertiary/aromatic N) is 1. The van der Waals surface area contributed by atoms with Gasteiger partial charge in [-0.05, 0) is 49.1 Å². The monoisotopic (exact) mass is 245 g/mol. The van der Waals surface area contributed by atoms with E-state index in [4.69, 9.17) is 0 Å². The third kappa shape index (κ3) is 3.66. The minimum atomic E-state index is 0.306. The van der Waals surface area contributed by atoms with E-state index in [1.807, 2.05) is 18.3 Å². The van der Waals surface area contributed by atoms with Crippen LogP contribution in [0.4, 0.5) is 0 Å². The van der Waals surface area contributed by atoms with E-state index in [0.29, 0.717) is 30.0 Å². The molecule has 2 rings (SSSR count). The molecular formula is C16H23NO. The van der Waals surface area contributed by atoms with E-state index in [2.05, 4.69) is 18.8 Å². The lowest BCUT2D eigenvalue weighted by molar-refractivity contribution is -0.124. The SMILES string of the molecule is CC1CC(C)CC(C(=O)CCc2cccnc2)C1. The number of ketones is 1. The first-order valence-electron chi connectivity index (χ1n) is 7.06. The van der Waals surface area contributed by atoms with Gasteiger partial charge in [0.2, 0.25) is 0 Å². The smallest absolute Gasteiger partial charge is 0.136 e. The van der Waals surface area contributed by atoms with Crippen LogP contribution in [-0.2, 0) is 11.2 Å². The molecule has 1 aromatic heterocycles. The highest BCUT2D eigenvalue weighted by Gasteiger charge is 2.28. The van der Waals surface area contributed by atoms with Crippen LogP contribution in [0.5, 0.6) is 0 Å². The highest BCUT2D eigenvalue weighted by atomic mass is 16.1. The van der Waals surface area contributed by atoms with Crippen LogP contribution in [0.1, 0.15) is 45.1 Å². The molecule has 0 N–H and O–H groups in total. The molecule has 0 bridgehead atoms. The molecule has 1 aromatic rings. The first-order chi connectivity index (χ1) is 8.65. The number of Topliss-reactive ketones (excluding diaryl/α,β-unsaturated/α-hetero) is 1. The van der Waals surface area contributed by atoms with Gasteiger partial charge in [0.25, 0.3) is 0 Å².